The average Bonchev–Trinajstić information content (AvgIpc) is 3.33. The number of hydrogen-bond donors (Lipinski definition) is 1. The van der Waals surface area contributed by atoms with Crippen molar-refractivity contribution in [1.29, 1.82) is 0 Å². The molecule has 3 rings (SSSR count). The molecule has 170 valence electrons. The van der Waals surface area contributed by atoms with Gasteiger partial charge >= 0.3 is 0 Å². The van der Waals surface area contributed by atoms with Crippen LogP contribution in [0.4, 0.5) is 0 Å². The molecule has 0 spiro atoms. The van der Waals surface area contributed by atoms with Gasteiger partial charge in [0.15, 0.2) is 6.61 Å². The van der Waals surface area contributed by atoms with Crippen LogP contribution in [0.2, 0.25) is 0 Å². The molecule has 1 heterocycles. The van der Waals surface area contributed by atoms with Crippen LogP contribution >= 0.6 is 11.3 Å². The van der Waals surface area contributed by atoms with Crippen LogP contribution in [0.3, 0.4) is 0 Å². The Morgan fingerprint density at radius 1 is 1.03 bits per heavy atom. The Kier molecular flexibility index (Phi) is 8.85. The molecule has 2 aromatic carbocycles. The molecular formula is C26H33N3O2S. The number of rotatable bonds is 11. The second kappa shape index (κ2) is 11.8. The van der Waals surface area contributed by atoms with E-state index in [1.165, 1.54) is 4.88 Å². The Bertz CT molecular complexity index is 974. The molecular weight excluding hydrogens is 418 g/mol. The quantitative estimate of drug-likeness (QED) is 0.460. The molecule has 0 radical (unpaired) electrons. The Morgan fingerprint density at radius 2 is 1.81 bits per heavy atom. The summed E-state index contributed by atoms with van der Waals surface area (Å²) in [6.45, 7) is 4.35. The normalized spacial score (nSPS) is 12.2. The number of benzene rings is 2. The summed E-state index contributed by atoms with van der Waals surface area (Å²) >= 11 is 1.77. The first-order valence-electron chi connectivity index (χ1n) is 10.9. The molecule has 0 aliphatic carbocycles. The fourth-order valence-corrected chi connectivity index (χ4v) is 4.27. The van der Waals surface area contributed by atoms with Crippen LogP contribution in [0.1, 0.15) is 23.4 Å². The highest BCUT2D eigenvalue weighted by Crippen LogP contribution is 2.30. The van der Waals surface area contributed by atoms with Crippen LogP contribution in [-0.4, -0.2) is 56.5 Å². The molecule has 1 amide bonds. The number of carbonyl (C=O) groups excluding carboxylic acids is 1. The van der Waals surface area contributed by atoms with Gasteiger partial charge in [-0.15, -0.1) is 11.3 Å². The Labute approximate surface area is 195 Å². The van der Waals surface area contributed by atoms with Gasteiger partial charge in [0, 0.05) is 36.1 Å². The number of thiophene rings is 1. The van der Waals surface area contributed by atoms with E-state index in [0.29, 0.717) is 6.54 Å². The summed E-state index contributed by atoms with van der Waals surface area (Å²) in [5, 5.41) is 5.01. The van der Waals surface area contributed by atoms with E-state index >= 15 is 0 Å². The molecule has 1 aromatic heterocycles. The zero-order valence-corrected chi connectivity index (χ0v) is 20.2. The van der Waals surface area contributed by atoms with E-state index in [4.69, 9.17) is 4.74 Å². The van der Waals surface area contributed by atoms with E-state index in [1.807, 2.05) is 43.3 Å². The van der Waals surface area contributed by atoms with Crippen LogP contribution in [0, 0.1) is 0 Å². The lowest BCUT2D eigenvalue weighted by Gasteiger charge is -2.25. The summed E-state index contributed by atoms with van der Waals surface area (Å²) in [7, 11) is 6.09. The van der Waals surface area contributed by atoms with Crippen molar-refractivity contribution < 1.29 is 9.53 Å². The first-order valence-corrected chi connectivity index (χ1v) is 11.8. The fourth-order valence-electron chi connectivity index (χ4n) is 3.42. The Hall–Kier alpha value is -2.67. The van der Waals surface area contributed by atoms with Crippen LogP contribution in [0.25, 0.3) is 11.1 Å². The smallest absolute Gasteiger partial charge is 0.257 e. The molecule has 0 bridgehead atoms. The maximum Gasteiger partial charge on any atom is 0.257 e. The van der Waals surface area contributed by atoms with Gasteiger partial charge in [0.1, 0.15) is 5.75 Å². The number of nitrogens with one attached hydrogen (secondary N) is 1. The van der Waals surface area contributed by atoms with E-state index in [0.717, 1.165) is 35.5 Å². The van der Waals surface area contributed by atoms with Crippen LogP contribution in [0.15, 0.2) is 66.0 Å². The van der Waals surface area contributed by atoms with Crippen molar-refractivity contribution in [3.05, 3.63) is 76.5 Å². The van der Waals surface area contributed by atoms with E-state index in [1.54, 1.807) is 11.3 Å². The third-order valence-corrected chi connectivity index (χ3v) is 6.49. The first-order chi connectivity index (χ1) is 15.4. The maximum absolute atomic E-state index is 12.2. The molecule has 1 atom stereocenters. The average molecular weight is 452 g/mol. The lowest BCUT2D eigenvalue weighted by atomic mass is 10.0. The van der Waals surface area contributed by atoms with Crippen LogP contribution in [-0.2, 0) is 11.3 Å². The Balaban J connectivity index is 1.75. The Morgan fingerprint density at radius 3 is 2.50 bits per heavy atom. The van der Waals surface area contributed by atoms with Gasteiger partial charge in [0.25, 0.3) is 5.91 Å². The second-order valence-corrected chi connectivity index (χ2v) is 9.22. The van der Waals surface area contributed by atoms with Gasteiger partial charge in [0.2, 0.25) is 0 Å². The highest BCUT2D eigenvalue weighted by Gasteiger charge is 2.16. The summed E-state index contributed by atoms with van der Waals surface area (Å²) < 4.78 is 5.97. The predicted octanol–water partition coefficient (Wildman–Crippen LogP) is 4.66. The molecule has 0 saturated heterocycles. The maximum atomic E-state index is 12.2. The molecule has 32 heavy (non-hydrogen) atoms. The van der Waals surface area contributed by atoms with E-state index < -0.39 is 0 Å². The number of likely N-dealkylation sites (N-methyl/N-ethyl adjacent to an activating group) is 1. The topological polar surface area (TPSA) is 44.8 Å². The van der Waals surface area contributed by atoms with E-state index in [2.05, 4.69) is 66.0 Å². The van der Waals surface area contributed by atoms with Gasteiger partial charge in [-0.05, 0) is 62.8 Å². The van der Waals surface area contributed by atoms with Gasteiger partial charge < -0.3 is 15.0 Å². The zero-order chi connectivity index (χ0) is 22.9. The summed E-state index contributed by atoms with van der Waals surface area (Å²) in [5.74, 6) is 0.642. The van der Waals surface area contributed by atoms with Crippen molar-refractivity contribution in [1.82, 2.24) is 15.1 Å². The minimum atomic E-state index is -0.106. The van der Waals surface area contributed by atoms with Gasteiger partial charge in [-0.1, -0.05) is 42.5 Å². The number of carbonyl (C=O) groups is 1. The molecule has 1 N–H and O–H groups in total. The van der Waals surface area contributed by atoms with E-state index in [9.17, 15) is 4.79 Å². The second-order valence-electron chi connectivity index (χ2n) is 8.24. The number of hydrogen-bond acceptors (Lipinski definition) is 5. The molecule has 5 nitrogen and oxygen atoms in total. The van der Waals surface area contributed by atoms with Gasteiger partial charge in [-0.3, -0.25) is 9.69 Å². The van der Waals surface area contributed by atoms with Crippen molar-refractivity contribution in [3.63, 3.8) is 0 Å². The number of nitrogens with zero attached hydrogens (tertiary/aromatic N) is 2. The predicted molar refractivity (Wildman–Crippen MR) is 133 cm³/mol. The third kappa shape index (κ3) is 6.92. The molecule has 0 unspecified atom stereocenters. The van der Waals surface area contributed by atoms with Crippen molar-refractivity contribution in [2.24, 2.45) is 0 Å². The first kappa shape index (κ1) is 24.0. The third-order valence-electron chi connectivity index (χ3n) is 5.44. The van der Waals surface area contributed by atoms with Crippen LogP contribution in [0.5, 0.6) is 5.75 Å². The molecule has 3 aromatic rings. The lowest BCUT2D eigenvalue weighted by molar-refractivity contribution is -0.123. The standard InChI is InChI=1S/C26H33N3O2S/c1-20(25-11-8-16-32-25)29(4)18-23-17-22(21-9-6-5-7-10-21)12-13-24(23)31-19-26(30)27-14-15-28(2)3/h5-13,16-17,20H,14-15,18-19H2,1-4H3,(H,27,30)/t20-/m0/s1. The van der Waals surface area contributed by atoms with Crippen molar-refractivity contribution in [2.45, 2.75) is 19.5 Å². The lowest BCUT2D eigenvalue weighted by Crippen LogP contribution is -2.34. The number of amides is 1. The van der Waals surface area contributed by atoms with Crippen LogP contribution < -0.4 is 10.1 Å². The number of ether oxygens (including phenoxy) is 1. The van der Waals surface area contributed by atoms with Crippen molar-refractivity contribution in [2.75, 3.05) is 40.8 Å². The monoisotopic (exact) mass is 451 g/mol. The highest BCUT2D eigenvalue weighted by molar-refractivity contribution is 7.10. The summed E-state index contributed by atoms with van der Waals surface area (Å²) in [4.78, 5) is 17.9. The van der Waals surface area contributed by atoms with Gasteiger partial charge in [-0.25, -0.2) is 0 Å². The van der Waals surface area contributed by atoms with Gasteiger partial charge in [-0.2, -0.15) is 0 Å². The largest absolute Gasteiger partial charge is 0.483 e. The zero-order valence-electron chi connectivity index (χ0n) is 19.4. The molecule has 0 fully saturated rings. The van der Waals surface area contributed by atoms with E-state index in [-0.39, 0.29) is 18.6 Å². The fraction of sp³-hybridized carbons (Fsp3) is 0.346. The van der Waals surface area contributed by atoms with Crippen molar-refractivity contribution in [3.8, 4) is 16.9 Å². The molecule has 0 aliphatic heterocycles. The minimum Gasteiger partial charge on any atom is -0.483 e. The summed E-state index contributed by atoms with van der Waals surface area (Å²) in [6, 6.07) is 21.1. The highest BCUT2D eigenvalue weighted by atomic mass is 32.1. The SMILES string of the molecule is C[C@@H](c1cccs1)N(C)Cc1cc(-c2ccccc2)ccc1OCC(=O)NCCN(C)C. The van der Waals surface area contributed by atoms with Crippen molar-refractivity contribution >= 4 is 17.2 Å². The molecule has 0 aliphatic rings. The molecule has 0 saturated carbocycles. The van der Waals surface area contributed by atoms with Gasteiger partial charge in [0.05, 0.1) is 0 Å². The minimum absolute atomic E-state index is 0.00923. The summed E-state index contributed by atoms with van der Waals surface area (Å²) in [6.07, 6.45) is 0. The summed E-state index contributed by atoms with van der Waals surface area (Å²) in [5.41, 5.74) is 3.37. The molecule has 6 heteroatoms.